The van der Waals surface area contributed by atoms with E-state index in [2.05, 4.69) is 17.8 Å². The van der Waals surface area contributed by atoms with Crippen LogP contribution in [0, 0.1) is 28.7 Å². The Morgan fingerprint density at radius 3 is 2.65 bits per heavy atom. The summed E-state index contributed by atoms with van der Waals surface area (Å²) in [6.07, 6.45) is 8.17. The normalized spacial score (nSPS) is 38.5. The summed E-state index contributed by atoms with van der Waals surface area (Å²) in [7, 11) is 0. The number of carbonyl (C=O) groups is 2. The molecule has 4 nitrogen and oxygen atoms in total. The molecule has 0 aliphatic heterocycles. The fourth-order valence-corrected chi connectivity index (χ4v) is 5.44. The molecule has 0 aromatic carbocycles. The van der Waals surface area contributed by atoms with E-state index in [9.17, 15) is 9.59 Å². The average Bonchev–Trinajstić information content (AvgIpc) is 2.51. The van der Waals surface area contributed by atoms with Gasteiger partial charge in [0.05, 0.1) is 12.0 Å². The standard InChI is InChI=1S/C19H24N2O2/c1-17(2)13-8-10-19(16(20)23)9-6-5-7-14(19)18(13,3)11-12(21-4)15(17)22/h7,11,13H,5-6,8-10H2,1-3H3,(H2,20,23)/t13-,18-,19-/m0/s1. The predicted octanol–water partition coefficient (Wildman–Crippen LogP) is 3.40. The number of ketones is 1. The fraction of sp³-hybridized carbons (Fsp3) is 0.632. The summed E-state index contributed by atoms with van der Waals surface area (Å²) in [5, 5.41) is 0. The summed E-state index contributed by atoms with van der Waals surface area (Å²) in [6.45, 7) is 13.4. The molecule has 122 valence electrons. The van der Waals surface area contributed by atoms with Crippen LogP contribution in [0.1, 0.15) is 52.9 Å². The molecule has 0 unspecified atom stereocenters. The Kier molecular flexibility index (Phi) is 3.34. The van der Waals surface area contributed by atoms with Crippen molar-refractivity contribution in [3.05, 3.63) is 34.8 Å². The maximum Gasteiger partial charge on any atom is 0.227 e. The van der Waals surface area contributed by atoms with Gasteiger partial charge in [-0.25, -0.2) is 4.85 Å². The fourth-order valence-electron chi connectivity index (χ4n) is 5.44. The zero-order valence-electron chi connectivity index (χ0n) is 14.1. The van der Waals surface area contributed by atoms with E-state index in [0.29, 0.717) is 6.42 Å². The highest BCUT2D eigenvalue weighted by Crippen LogP contribution is 2.64. The maximum absolute atomic E-state index is 12.7. The molecular formula is C19H24N2O2. The Bertz CT molecular complexity index is 695. The van der Waals surface area contributed by atoms with Gasteiger partial charge in [-0.2, -0.15) is 0 Å². The number of nitrogens with two attached hydrogens (primary N) is 1. The number of hydrogen-bond acceptors (Lipinski definition) is 2. The lowest BCUT2D eigenvalue weighted by atomic mass is 9.45. The van der Waals surface area contributed by atoms with E-state index in [-0.39, 0.29) is 23.3 Å². The third kappa shape index (κ3) is 1.89. The highest BCUT2D eigenvalue weighted by molar-refractivity contribution is 6.02. The van der Waals surface area contributed by atoms with Gasteiger partial charge >= 0.3 is 0 Å². The molecule has 23 heavy (non-hydrogen) atoms. The van der Waals surface area contributed by atoms with Gasteiger partial charge in [-0.3, -0.25) is 4.79 Å². The number of fused-ring (bicyclic) bond motifs is 3. The first-order valence-corrected chi connectivity index (χ1v) is 8.36. The second-order valence-electron chi connectivity index (χ2n) is 8.02. The third-order valence-corrected chi connectivity index (χ3v) is 6.55. The lowest BCUT2D eigenvalue weighted by molar-refractivity contribution is -0.135. The van der Waals surface area contributed by atoms with Crippen LogP contribution < -0.4 is 5.73 Å². The minimum atomic E-state index is -0.594. The molecule has 1 saturated carbocycles. The Morgan fingerprint density at radius 1 is 1.35 bits per heavy atom. The Morgan fingerprint density at radius 2 is 2.04 bits per heavy atom. The van der Waals surface area contributed by atoms with Crippen molar-refractivity contribution in [2.75, 3.05) is 0 Å². The van der Waals surface area contributed by atoms with Crippen LogP contribution in [0.2, 0.25) is 0 Å². The zero-order chi connectivity index (χ0) is 17.0. The molecule has 0 saturated heterocycles. The number of allylic oxidation sites excluding steroid dienone is 3. The van der Waals surface area contributed by atoms with Crippen molar-refractivity contribution in [3.8, 4) is 0 Å². The number of primary amides is 1. The predicted molar refractivity (Wildman–Crippen MR) is 87.9 cm³/mol. The first-order valence-electron chi connectivity index (χ1n) is 8.36. The Hall–Kier alpha value is -1.89. The van der Waals surface area contributed by atoms with E-state index in [1.165, 1.54) is 0 Å². The van der Waals surface area contributed by atoms with Crippen LogP contribution >= 0.6 is 0 Å². The molecule has 0 aromatic rings. The summed E-state index contributed by atoms with van der Waals surface area (Å²) in [6, 6.07) is 0. The SMILES string of the molecule is [C-]#[N+]C1=C[C@]2(C)C3=CCCC[C@]3(C(N)=O)CC[C@H]2C(C)(C)C1=O. The molecule has 0 heterocycles. The number of hydrogen-bond donors (Lipinski definition) is 1. The van der Waals surface area contributed by atoms with Gasteiger partial charge < -0.3 is 10.5 Å². The quantitative estimate of drug-likeness (QED) is 0.596. The van der Waals surface area contributed by atoms with E-state index in [1.54, 1.807) is 0 Å². The van der Waals surface area contributed by atoms with Crippen LogP contribution in [0.25, 0.3) is 4.85 Å². The largest absolute Gasteiger partial charge is 0.369 e. The van der Waals surface area contributed by atoms with Crippen molar-refractivity contribution in [3.63, 3.8) is 0 Å². The first-order chi connectivity index (χ1) is 10.7. The monoisotopic (exact) mass is 312 g/mol. The molecule has 0 bridgehead atoms. The van der Waals surface area contributed by atoms with Gasteiger partial charge in [0.15, 0.2) is 5.78 Å². The van der Waals surface area contributed by atoms with Crippen molar-refractivity contribution in [1.82, 2.24) is 0 Å². The number of Topliss-reactive ketones (excluding diaryl/α,β-unsaturated/α-hetero) is 1. The van der Waals surface area contributed by atoms with Gasteiger partial charge in [0.25, 0.3) is 0 Å². The average molecular weight is 312 g/mol. The molecule has 0 aromatic heterocycles. The van der Waals surface area contributed by atoms with E-state index in [4.69, 9.17) is 12.3 Å². The number of amides is 1. The van der Waals surface area contributed by atoms with Crippen LogP contribution in [0.3, 0.4) is 0 Å². The lowest BCUT2D eigenvalue weighted by Crippen LogP contribution is -2.56. The van der Waals surface area contributed by atoms with E-state index < -0.39 is 16.2 Å². The molecule has 2 N–H and O–H groups in total. The summed E-state index contributed by atoms with van der Waals surface area (Å²) in [5.74, 6) is -0.224. The topological polar surface area (TPSA) is 64.5 Å². The minimum Gasteiger partial charge on any atom is -0.369 e. The van der Waals surface area contributed by atoms with Gasteiger partial charge in [-0.05, 0) is 43.6 Å². The first kappa shape index (κ1) is 16.0. The summed E-state index contributed by atoms with van der Waals surface area (Å²) in [5.41, 5.74) is 5.47. The smallest absolute Gasteiger partial charge is 0.227 e. The van der Waals surface area contributed by atoms with Crippen molar-refractivity contribution >= 4 is 11.7 Å². The number of rotatable bonds is 1. The van der Waals surface area contributed by atoms with E-state index in [1.807, 2.05) is 19.9 Å². The molecule has 0 radical (unpaired) electrons. The summed E-state index contributed by atoms with van der Waals surface area (Å²) >= 11 is 0. The third-order valence-electron chi connectivity index (χ3n) is 6.55. The van der Waals surface area contributed by atoms with E-state index >= 15 is 0 Å². The van der Waals surface area contributed by atoms with Crippen molar-refractivity contribution in [2.24, 2.45) is 27.9 Å². The lowest BCUT2D eigenvalue weighted by Gasteiger charge is -2.58. The van der Waals surface area contributed by atoms with Crippen LogP contribution in [0.4, 0.5) is 0 Å². The van der Waals surface area contributed by atoms with Crippen molar-refractivity contribution in [1.29, 1.82) is 0 Å². The van der Waals surface area contributed by atoms with Gasteiger partial charge in [-0.1, -0.05) is 32.9 Å². The maximum atomic E-state index is 12.7. The van der Waals surface area contributed by atoms with Gasteiger partial charge in [0.2, 0.25) is 11.6 Å². The minimum absolute atomic E-state index is 0.0713. The van der Waals surface area contributed by atoms with Crippen LogP contribution in [0.5, 0.6) is 0 Å². The second-order valence-corrected chi connectivity index (χ2v) is 8.02. The highest BCUT2D eigenvalue weighted by atomic mass is 16.1. The van der Waals surface area contributed by atoms with Gasteiger partial charge in [0.1, 0.15) is 0 Å². The second kappa shape index (κ2) is 4.80. The Labute approximate surface area is 137 Å². The summed E-state index contributed by atoms with van der Waals surface area (Å²) < 4.78 is 0. The van der Waals surface area contributed by atoms with Crippen LogP contribution in [-0.4, -0.2) is 11.7 Å². The number of nitrogens with zero attached hydrogens (tertiary/aromatic N) is 1. The van der Waals surface area contributed by atoms with Crippen LogP contribution in [-0.2, 0) is 9.59 Å². The van der Waals surface area contributed by atoms with Crippen molar-refractivity contribution in [2.45, 2.75) is 52.9 Å². The van der Waals surface area contributed by atoms with E-state index in [0.717, 1.165) is 31.3 Å². The zero-order valence-corrected chi connectivity index (χ0v) is 14.1. The van der Waals surface area contributed by atoms with Crippen LogP contribution in [0.15, 0.2) is 23.4 Å². The molecule has 1 amide bonds. The molecular weight excluding hydrogens is 288 g/mol. The molecule has 3 aliphatic rings. The summed E-state index contributed by atoms with van der Waals surface area (Å²) in [4.78, 5) is 28.5. The molecule has 1 fully saturated rings. The number of carbonyl (C=O) groups excluding carboxylic acids is 2. The van der Waals surface area contributed by atoms with Crippen molar-refractivity contribution < 1.29 is 9.59 Å². The van der Waals surface area contributed by atoms with Gasteiger partial charge in [0, 0.05) is 10.8 Å². The molecule has 0 spiro atoms. The highest BCUT2D eigenvalue weighted by Gasteiger charge is 2.60. The molecule has 3 rings (SSSR count). The molecule has 3 atom stereocenters. The molecule has 4 heteroatoms. The Balaban J connectivity index is 2.25. The van der Waals surface area contributed by atoms with Gasteiger partial charge in [-0.15, -0.1) is 0 Å². The molecule has 3 aliphatic carbocycles.